The molecule has 0 bridgehead atoms. The fraction of sp³-hybridized carbons (Fsp3) is 0.182. The van der Waals surface area contributed by atoms with Crippen molar-refractivity contribution < 1.29 is 18.4 Å². The van der Waals surface area contributed by atoms with Gasteiger partial charge in [0.15, 0.2) is 5.17 Å². The predicted molar refractivity (Wildman–Crippen MR) is 67.9 cm³/mol. The molecule has 0 saturated heterocycles. The van der Waals surface area contributed by atoms with Crippen LogP contribution in [0.15, 0.2) is 23.2 Å². The van der Waals surface area contributed by atoms with Crippen LogP contribution in [0.2, 0.25) is 0 Å². The Morgan fingerprint density at radius 2 is 1.79 bits per heavy atom. The van der Waals surface area contributed by atoms with Crippen molar-refractivity contribution in [3.8, 4) is 0 Å². The maximum absolute atomic E-state index is 13.3. The average molecular weight is 285 g/mol. The first-order chi connectivity index (χ1) is 9.08. The van der Waals surface area contributed by atoms with Crippen LogP contribution in [-0.4, -0.2) is 29.3 Å². The molecule has 1 heterocycles. The maximum Gasteiger partial charge on any atom is 0.315 e. The third-order valence-electron chi connectivity index (χ3n) is 2.21. The van der Waals surface area contributed by atoms with Gasteiger partial charge in [0, 0.05) is 5.75 Å². The van der Waals surface area contributed by atoms with Crippen molar-refractivity contribution >= 4 is 34.4 Å². The number of rotatable bonds is 1. The fourth-order valence-electron chi connectivity index (χ4n) is 1.35. The van der Waals surface area contributed by atoms with Gasteiger partial charge in [-0.2, -0.15) is 0 Å². The van der Waals surface area contributed by atoms with E-state index in [2.05, 4.69) is 10.3 Å². The second-order valence-electron chi connectivity index (χ2n) is 3.54. The standard InChI is InChI=1S/C11H9F2N3O2S/c12-6-2-1-3-7(13)8(6)15-9(17)10(18)16-11-14-4-5-19-11/h1-3H,4-5H2,(H,15,17)(H,14,16,18). The molecule has 0 saturated carbocycles. The topological polar surface area (TPSA) is 70.6 Å². The molecule has 2 N–H and O–H groups in total. The van der Waals surface area contributed by atoms with Crippen LogP contribution < -0.4 is 10.6 Å². The number of anilines is 1. The second-order valence-corrected chi connectivity index (χ2v) is 4.62. The fourth-order valence-corrected chi connectivity index (χ4v) is 2.08. The molecule has 1 aliphatic rings. The third kappa shape index (κ3) is 3.28. The number of amidine groups is 1. The average Bonchev–Trinajstić information content (AvgIpc) is 2.86. The monoisotopic (exact) mass is 285 g/mol. The lowest BCUT2D eigenvalue weighted by atomic mass is 10.3. The number of thioether (sulfide) groups is 1. The lowest BCUT2D eigenvalue weighted by Crippen LogP contribution is -2.38. The number of carbonyl (C=O) groups excluding carboxylic acids is 2. The molecule has 0 aromatic heterocycles. The number of para-hydroxylation sites is 1. The van der Waals surface area contributed by atoms with Gasteiger partial charge >= 0.3 is 11.8 Å². The third-order valence-corrected chi connectivity index (χ3v) is 3.10. The molecule has 0 radical (unpaired) electrons. The highest BCUT2D eigenvalue weighted by Gasteiger charge is 2.20. The first kappa shape index (κ1) is 13.5. The zero-order valence-electron chi connectivity index (χ0n) is 9.57. The number of hydrogen-bond donors (Lipinski definition) is 2. The summed E-state index contributed by atoms with van der Waals surface area (Å²) in [6, 6.07) is 3.12. The van der Waals surface area contributed by atoms with Gasteiger partial charge in [0.2, 0.25) is 0 Å². The number of amides is 2. The van der Waals surface area contributed by atoms with E-state index in [1.54, 1.807) is 0 Å². The largest absolute Gasteiger partial charge is 0.315 e. The molecule has 0 aliphatic carbocycles. The molecule has 0 fully saturated rings. The minimum atomic E-state index is -1.15. The summed E-state index contributed by atoms with van der Waals surface area (Å²) in [6.45, 7) is 0.559. The summed E-state index contributed by atoms with van der Waals surface area (Å²) in [7, 11) is 0. The van der Waals surface area contributed by atoms with Gasteiger partial charge in [-0.3, -0.25) is 19.9 Å². The quantitative estimate of drug-likeness (QED) is 0.760. The molecule has 1 aliphatic heterocycles. The van der Waals surface area contributed by atoms with E-state index >= 15 is 0 Å². The van der Waals surface area contributed by atoms with E-state index in [-0.39, 0.29) is 0 Å². The highest BCUT2D eigenvalue weighted by atomic mass is 32.2. The first-order valence-electron chi connectivity index (χ1n) is 5.31. The highest BCUT2D eigenvalue weighted by Crippen LogP contribution is 2.17. The van der Waals surface area contributed by atoms with Crippen LogP contribution in [0.5, 0.6) is 0 Å². The summed E-state index contributed by atoms with van der Waals surface area (Å²) in [5.41, 5.74) is -0.649. The molecule has 2 rings (SSSR count). The lowest BCUT2D eigenvalue weighted by molar-refractivity contribution is -0.135. The summed E-state index contributed by atoms with van der Waals surface area (Å²) >= 11 is 1.29. The van der Waals surface area contributed by atoms with Crippen molar-refractivity contribution in [1.82, 2.24) is 5.32 Å². The molecule has 100 valence electrons. The van der Waals surface area contributed by atoms with Crippen LogP contribution in [0.4, 0.5) is 14.5 Å². The molecular weight excluding hydrogens is 276 g/mol. The van der Waals surface area contributed by atoms with Gasteiger partial charge in [-0.1, -0.05) is 17.8 Å². The first-order valence-corrected chi connectivity index (χ1v) is 6.30. The Hall–Kier alpha value is -1.96. The van der Waals surface area contributed by atoms with Gasteiger partial charge in [0.25, 0.3) is 0 Å². The Morgan fingerprint density at radius 1 is 1.16 bits per heavy atom. The second kappa shape index (κ2) is 5.79. The number of aliphatic imine (C=N–C) groups is 1. The Morgan fingerprint density at radius 3 is 2.37 bits per heavy atom. The molecule has 1 aromatic rings. The van der Waals surface area contributed by atoms with Gasteiger partial charge in [-0.15, -0.1) is 0 Å². The zero-order valence-corrected chi connectivity index (χ0v) is 10.4. The van der Waals surface area contributed by atoms with Crippen molar-refractivity contribution in [2.45, 2.75) is 0 Å². The Bertz CT molecular complexity index is 543. The van der Waals surface area contributed by atoms with Crippen LogP contribution in [-0.2, 0) is 9.59 Å². The highest BCUT2D eigenvalue weighted by molar-refractivity contribution is 8.14. The maximum atomic E-state index is 13.3. The summed E-state index contributed by atoms with van der Waals surface area (Å²) in [5, 5.41) is 4.47. The van der Waals surface area contributed by atoms with Gasteiger partial charge in [-0.05, 0) is 12.1 Å². The normalized spacial score (nSPS) is 13.9. The molecule has 2 amide bonds. The van der Waals surface area contributed by atoms with E-state index < -0.39 is 29.1 Å². The molecule has 0 spiro atoms. The Labute approximate surface area is 111 Å². The molecule has 5 nitrogen and oxygen atoms in total. The molecular formula is C11H9F2N3O2S. The molecule has 19 heavy (non-hydrogen) atoms. The molecule has 0 unspecified atom stereocenters. The Kier molecular flexibility index (Phi) is 4.10. The van der Waals surface area contributed by atoms with Gasteiger partial charge in [-0.25, -0.2) is 8.78 Å². The lowest BCUT2D eigenvalue weighted by Gasteiger charge is -2.07. The number of carbonyl (C=O) groups is 2. The SMILES string of the molecule is O=C(NC1=NCCS1)C(=O)Nc1c(F)cccc1F. The van der Waals surface area contributed by atoms with Crippen LogP contribution in [0.1, 0.15) is 0 Å². The van der Waals surface area contributed by atoms with E-state index in [0.717, 1.165) is 24.0 Å². The van der Waals surface area contributed by atoms with Crippen molar-refractivity contribution in [3.05, 3.63) is 29.8 Å². The number of halogens is 2. The van der Waals surface area contributed by atoms with Crippen LogP contribution >= 0.6 is 11.8 Å². The number of benzene rings is 1. The van der Waals surface area contributed by atoms with Gasteiger partial charge < -0.3 is 5.32 Å². The summed E-state index contributed by atoms with van der Waals surface area (Å²) in [5.74, 6) is -3.35. The minimum absolute atomic E-state index is 0.328. The number of nitrogens with zero attached hydrogens (tertiary/aromatic N) is 1. The molecule has 8 heteroatoms. The minimum Gasteiger partial charge on any atom is -0.313 e. The zero-order chi connectivity index (χ0) is 13.8. The van der Waals surface area contributed by atoms with E-state index in [0.29, 0.717) is 11.7 Å². The van der Waals surface area contributed by atoms with Crippen molar-refractivity contribution in [3.63, 3.8) is 0 Å². The summed E-state index contributed by atoms with van der Waals surface area (Å²) < 4.78 is 26.5. The predicted octanol–water partition coefficient (Wildman–Crippen LogP) is 1.12. The Balaban J connectivity index is 2.02. The molecule has 1 aromatic carbocycles. The van der Waals surface area contributed by atoms with E-state index in [1.165, 1.54) is 11.8 Å². The van der Waals surface area contributed by atoms with Crippen LogP contribution in [0.25, 0.3) is 0 Å². The summed E-state index contributed by atoms with van der Waals surface area (Å²) in [6.07, 6.45) is 0. The van der Waals surface area contributed by atoms with Gasteiger partial charge in [0.05, 0.1) is 6.54 Å². The van der Waals surface area contributed by atoms with Crippen LogP contribution in [0.3, 0.4) is 0 Å². The van der Waals surface area contributed by atoms with Crippen molar-refractivity contribution in [2.75, 3.05) is 17.6 Å². The summed E-state index contributed by atoms with van der Waals surface area (Å²) in [4.78, 5) is 26.9. The number of nitrogens with one attached hydrogen (secondary N) is 2. The van der Waals surface area contributed by atoms with Crippen molar-refractivity contribution in [2.24, 2.45) is 4.99 Å². The van der Waals surface area contributed by atoms with Gasteiger partial charge in [0.1, 0.15) is 17.3 Å². The van der Waals surface area contributed by atoms with Crippen molar-refractivity contribution in [1.29, 1.82) is 0 Å². The smallest absolute Gasteiger partial charge is 0.313 e. The van der Waals surface area contributed by atoms with Crippen LogP contribution in [0, 0.1) is 11.6 Å². The van der Waals surface area contributed by atoms with E-state index in [9.17, 15) is 18.4 Å². The van der Waals surface area contributed by atoms with E-state index in [1.807, 2.05) is 5.32 Å². The van der Waals surface area contributed by atoms with E-state index in [4.69, 9.17) is 0 Å². The number of hydrogen-bond acceptors (Lipinski definition) is 4. The molecule has 0 atom stereocenters.